The molecule has 0 aromatic carbocycles. The Bertz CT molecular complexity index is 1210. The molecule has 1 atom stereocenters. The molecule has 3 aromatic rings. The number of carbonyl (C=O) groups excluding carboxylic acids is 1. The van der Waals surface area contributed by atoms with E-state index in [9.17, 15) is 4.79 Å². The maximum absolute atomic E-state index is 12.5. The highest BCUT2D eigenvalue weighted by molar-refractivity contribution is 6.29. The SMILES string of the molecule is O=C(CN[C@H]1CC[C@H](Nc2cc(-c3c[nH]c4ncccc34)cc(Cl)n2)CC1)NC1CN2CCC1CC2. The lowest BCUT2D eigenvalue weighted by Gasteiger charge is -2.45. The Kier molecular flexibility index (Phi) is 6.82. The summed E-state index contributed by atoms with van der Waals surface area (Å²) in [5.74, 6) is 1.59. The van der Waals surface area contributed by atoms with E-state index in [0.717, 1.165) is 60.2 Å². The quantitative estimate of drug-likeness (QED) is 0.363. The summed E-state index contributed by atoms with van der Waals surface area (Å²) in [7, 11) is 0. The number of anilines is 1. The van der Waals surface area contributed by atoms with Gasteiger partial charge >= 0.3 is 0 Å². The van der Waals surface area contributed by atoms with Gasteiger partial charge in [-0.05, 0) is 87.4 Å². The van der Waals surface area contributed by atoms with Crippen LogP contribution in [0.5, 0.6) is 0 Å². The molecule has 3 aromatic heterocycles. The molecule has 4 aliphatic rings. The molecule has 7 rings (SSSR count). The van der Waals surface area contributed by atoms with Gasteiger partial charge in [-0.2, -0.15) is 0 Å². The fraction of sp³-hybridized carbons (Fsp3) is 0.519. The standard InChI is InChI=1S/C27H34ClN7O/c28-24-12-18(22-14-31-27-21(22)2-1-9-29-27)13-25(34-24)32-20-5-3-19(4-6-20)30-15-26(36)33-23-16-35-10-7-17(23)8-11-35/h1-2,9,12-14,17,19-20,23,30H,3-8,10-11,15-16H2,(H,29,31)(H,32,34)(H,33,36)/t19-,20-,23?. The van der Waals surface area contributed by atoms with E-state index in [1.807, 2.05) is 18.3 Å². The second-order valence-electron chi connectivity index (χ2n) is 10.6. The van der Waals surface area contributed by atoms with E-state index < -0.39 is 0 Å². The summed E-state index contributed by atoms with van der Waals surface area (Å²) >= 11 is 6.39. The molecule has 0 radical (unpaired) electrons. The minimum Gasteiger partial charge on any atom is -0.367 e. The van der Waals surface area contributed by atoms with Crippen LogP contribution in [0.2, 0.25) is 5.15 Å². The van der Waals surface area contributed by atoms with E-state index in [1.165, 1.54) is 25.9 Å². The van der Waals surface area contributed by atoms with Gasteiger partial charge in [0.15, 0.2) is 0 Å². The number of rotatable bonds is 7. The van der Waals surface area contributed by atoms with Crippen LogP contribution in [0.4, 0.5) is 5.82 Å². The Morgan fingerprint density at radius 3 is 2.69 bits per heavy atom. The number of hydrogen-bond donors (Lipinski definition) is 4. The fourth-order valence-corrected chi connectivity index (χ4v) is 6.40. The second-order valence-corrected chi connectivity index (χ2v) is 10.9. The van der Waals surface area contributed by atoms with Crippen LogP contribution >= 0.6 is 11.6 Å². The fourth-order valence-electron chi connectivity index (χ4n) is 6.20. The highest BCUT2D eigenvalue weighted by Gasteiger charge is 2.34. The molecule has 3 aliphatic heterocycles. The average Bonchev–Trinajstić information content (AvgIpc) is 3.33. The summed E-state index contributed by atoms with van der Waals surface area (Å²) in [4.78, 5) is 27.2. The molecule has 1 saturated carbocycles. The Morgan fingerprint density at radius 2 is 1.92 bits per heavy atom. The first-order valence-corrected chi connectivity index (χ1v) is 13.6. The molecule has 190 valence electrons. The van der Waals surface area contributed by atoms with Crippen LogP contribution in [0.15, 0.2) is 36.7 Å². The first-order chi connectivity index (χ1) is 17.6. The molecule has 1 aliphatic carbocycles. The molecule has 6 heterocycles. The van der Waals surface area contributed by atoms with Crippen molar-refractivity contribution < 1.29 is 4.79 Å². The van der Waals surface area contributed by atoms with E-state index in [1.54, 1.807) is 6.20 Å². The Balaban J connectivity index is 0.996. The van der Waals surface area contributed by atoms with E-state index in [-0.39, 0.29) is 5.91 Å². The molecule has 4 fully saturated rings. The second kappa shape index (κ2) is 10.4. The third kappa shape index (κ3) is 5.21. The Hall–Kier alpha value is -2.68. The summed E-state index contributed by atoms with van der Waals surface area (Å²) in [6.45, 7) is 3.81. The van der Waals surface area contributed by atoms with Gasteiger partial charge in [-0.1, -0.05) is 11.6 Å². The predicted molar refractivity (Wildman–Crippen MR) is 143 cm³/mol. The zero-order valence-corrected chi connectivity index (χ0v) is 21.2. The molecule has 9 heteroatoms. The number of fused-ring (bicyclic) bond motifs is 4. The van der Waals surface area contributed by atoms with Crippen molar-refractivity contribution >= 4 is 34.4 Å². The number of aromatic nitrogens is 3. The molecule has 1 unspecified atom stereocenters. The highest BCUT2D eigenvalue weighted by Crippen LogP contribution is 2.32. The van der Waals surface area contributed by atoms with Crippen LogP contribution in [-0.2, 0) is 4.79 Å². The average molecular weight is 508 g/mol. The molecule has 3 saturated heterocycles. The number of carbonyl (C=O) groups is 1. The number of halogens is 1. The first kappa shape index (κ1) is 23.7. The normalized spacial score (nSPS) is 27.8. The van der Waals surface area contributed by atoms with Crippen molar-refractivity contribution in [3.63, 3.8) is 0 Å². The number of pyridine rings is 2. The zero-order chi connectivity index (χ0) is 24.5. The van der Waals surface area contributed by atoms with E-state index >= 15 is 0 Å². The maximum atomic E-state index is 12.5. The Labute approximate surface area is 216 Å². The maximum Gasteiger partial charge on any atom is 0.234 e. The largest absolute Gasteiger partial charge is 0.367 e. The minimum atomic E-state index is 0.136. The summed E-state index contributed by atoms with van der Waals surface area (Å²) in [5.41, 5.74) is 2.94. The van der Waals surface area contributed by atoms with Crippen LogP contribution in [0.3, 0.4) is 0 Å². The van der Waals surface area contributed by atoms with Crippen molar-refractivity contribution in [2.45, 2.75) is 56.7 Å². The number of piperidine rings is 3. The van der Waals surface area contributed by atoms with Gasteiger partial charge in [-0.3, -0.25) is 4.79 Å². The van der Waals surface area contributed by atoms with Gasteiger partial charge in [-0.25, -0.2) is 9.97 Å². The lowest BCUT2D eigenvalue weighted by molar-refractivity contribution is -0.122. The third-order valence-electron chi connectivity index (χ3n) is 8.19. The number of H-pyrrole nitrogens is 1. The van der Waals surface area contributed by atoms with Gasteiger partial charge in [-0.15, -0.1) is 0 Å². The highest BCUT2D eigenvalue weighted by atomic mass is 35.5. The first-order valence-electron chi connectivity index (χ1n) is 13.2. The van der Waals surface area contributed by atoms with Crippen molar-refractivity contribution in [2.24, 2.45) is 5.92 Å². The lowest BCUT2D eigenvalue weighted by Crippen LogP contribution is -2.58. The zero-order valence-electron chi connectivity index (χ0n) is 20.5. The number of hydrogen-bond acceptors (Lipinski definition) is 6. The van der Waals surface area contributed by atoms with Gasteiger partial charge in [0.25, 0.3) is 0 Å². The molecule has 1 amide bonds. The van der Waals surface area contributed by atoms with Crippen LogP contribution in [0, 0.1) is 5.92 Å². The van der Waals surface area contributed by atoms with Crippen molar-refractivity contribution in [2.75, 3.05) is 31.5 Å². The topological polar surface area (TPSA) is 98.0 Å². The van der Waals surface area contributed by atoms with E-state index in [2.05, 4.69) is 47.9 Å². The molecule has 8 nitrogen and oxygen atoms in total. The van der Waals surface area contributed by atoms with Gasteiger partial charge in [0.2, 0.25) is 5.91 Å². The van der Waals surface area contributed by atoms with Crippen LogP contribution < -0.4 is 16.0 Å². The number of nitrogens with zero attached hydrogens (tertiary/aromatic N) is 3. The van der Waals surface area contributed by atoms with Crippen molar-refractivity contribution in [1.29, 1.82) is 0 Å². The minimum absolute atomic E-state index is 0.136. The van der Waals surface area contributed by atoms with Crippen molar-refractivity contribution in [3.8, 4) is 11.1 Å². The molecule has 36 heavy (non-hydrogen) atoms. The molecular formula is C27H34ClN7O. The summed E-state index contributed by atoms with van der Waals surface area (Å²) < 4.78 is 0. The van der Waals surface area contributed by atoms with E-state index in [4.69, 9.17) is 11.6 Å². The molecule has 4 N–H and O–H groups in total. The van der Waals surface area contributed by atoms with Gasteiger partial charge in [0.05, 0.1) is 6.54 Å². The summed E-state index contributed by atoms with van der Waals surface area (Å²) in [5, 5.41) is 11.9. The molecule has 2 bridgehead atoms. The van der Waals surface area contributed by atoms with Crippen molar-refractivity contribution in [1.82, 2.24) is 30.5 Å². The van der Waals surface area contributed by atoms with Crippen LogP contribution in [0.1, 0.15) is 38.5 Å². The summed E-state index contributed by atoms with van der Waals surface area (Å²) in [6, 6.07) is 9.00. The van der Waals surface area contributed by atoms with Gasteiger partial charge in [0, 0.05) is 48.0 Å². The Morgan fingerprint density at radius 1 is 1.11 bits per heavy atom. The monoisotopic (exact) mass is 507 g/mol. The van der Waals surface area contributed by atoms with Crippen LogP contribution in [0.25, 0.3) is 22.2 Å². The summed E-state index contributed by atoms with van der Waals surface area (Å²) in [6.07, 6.45) is 10.3. The predicted octanol–water partition coefficient (Wildman–Crippen LogP) is 3.80. The van der Waals surface area contributed by atoms with Gasteiger partial charge < -0.3 is 25.8 Å². The smallest absolute Gasteiger partial charge is 0.234 e. The number of nitrogens with one attached hydrogen (secondary N) is 4. The number of aromatic amines is 1. The van der Waals surface area contributed by atoms with E-state index in [0.29, 0.717) is 35.7 Å². The van der Waals surface area contributed by atoms with Crippen LogP contribution in [-0.4, -0.2) is 70.1 Å². The lowest BCUT2D eigenvalue weighted by atomic mass is 9.84. The molecule has 0 spiro atoms. The van der Waals surface area contributed by atoms with Gasteiger partial charge in [0.1, 0.15) is 16.6 Å². The third-order valence-corrected chi connectivity index (χ3v) is 8.38. The molecular weight excluding hydrogens is 474 g/mol. The van der Waals surface area contributed by atoms with Crippen molar-refractivity contribution in [3.05, 3.63) is 41.8 Å². The number of amides is 1.